The van der Waals surface area contributed by atoms with Crippen molar-refractivity contribution in [2.45, 2.75) is 0 Å². The zero-order chi connectivity index (χ0) is 5.11. The first-order valence-corrected chi connectivity index (χ1v) is 2.20. The molecule has 0 saturated carbocycles. The van der Waals surface area contributed by atoms with Gasteiger partial charge in [-0.3, -0.25) is 9.41 Å². The quantitative estimate of drug-likeness (QED) is 0.453. The van der Waals surface area contributed by atoms with Crippen molar-refractivity contribution in [3.63, 3.8) is 0 Å². The Hall–Kier alpha value is -0.855. The van der Waals surface area contributed by atoms with Crippen molar-refractivity contribution in [2.24, 2.45) is 0 Å². The van der Waals surface area contributed by atoms with Crippen molar-refractivity contribution in [1.29, 1.82) is 0 Å². The summed E-state index contributed by atoms with van der Waals surface area (Å²) < 4.78 is 0. The molecule has 0 aliphatic rings. The summed E-state index contributed by atoms with van der Waals surface area (Å²) in [4.78, 5) is 0. The Balaban J connectivity index is 0. The Morgan fingerprint density at radius 3 is 1.56 bits per heavy atom. The predicted molar refractivity (Wildman–Crippen MR) is 36.8 cm³/mol. The van der Waals surface area contributed by atoms with Gasteiger partial charge in [0.1, 0.15) is 7.85 Å². The standard InChI is InChI=1S/C6H5B.2FH/c7-6-4-2-1-3-5-6;;/h1-5H;2*1H. The maximum atomic E-state index is 5.36. The second-order valence-corrected chi connectivity index (χ2v) is 1.41. The first-order chi connectivity index (χ1) is 3.39. The van der Waals surface area contributed by atoms with E-state index in [-0.39, 0.29) is 9.41 Å². The van der Waals surface area contributed by atoms with Crippen LogP contribution in [0.5, 0.6) is 0 Å². The Morgan fingerprint density at radius 1 is 0.889 bits per heavy atom. The molecule has 0 nitrogen and oxygen atoms in total. The highest BCUT2D eigenvalue weighted by atomic mass is 19.0. The molecule has 9 heavy (non-hydrogen) atoms. The first-order valence-electron chi connectivity index (χ1n) is 2.20. The van der Waals surface area contributed by atoms with Crippen molar-refractivity contribution >= 4 is 13.3 Å². The molecule has 1 aromatic rings. The van der Waals surface area contributed by atoms with E-state index in [0.717, 1.165) is 5.46 Å². The van der Waals surface area contributed by atoms with Crippen molar-refractivity contribution in [2.75, 3.05) is 0 Å². The van der Waals surface area contributed by atoms with Gasteiger partial charge in [-0.1, -0.05) is 35.8 Å². The molecule has 0 aliphatic carbocycles. The first kappa shape index (κ1) is 11.0. The molecular formula is C6H7BF2. The van der Waals surface area contributed by atoms with Crippen molar-refractivity contribution < 1.29 is 9.41 Å². The lowest BCUT2D eigenvalue weighted by atomic mass is 9.97. The highest BCUT2D eigenvalue weighted by Gasteiger charge is 1.71. The fraction of sp³-hybridized carbons (Fsp3) is 0. The van der Waals surface area contributed by atoms with Gasteiger partial charge in [-0.2, -0.15) is 0 Å². The van der Waals surface area contributed by atoms with Crippen LogP contribution in [0.4, 0.5) is 9.41 Å². The molecule has 1 aromatic carbocycles. The molecule has 0 fully saturated rings. The average Bonchev–Trinajstić information content (AvgIpc) is 1.69. The highest BCUT2D eigenvalue weighted by Crippen LogP contribution is 1.76. The van der Waals surface area contributed by atoms with Gasteiger partial charge in [0.2, 0.25) is 0 Å². The molecule has 0 N–H and O–H groups in total. The van der Waals surface area contributed by atoms with E-state index in [0.29, 0.717) is 0 Å². The molecule has 3 heteroatoms. The van der Waals surface area contributed by atoms with E-state index < -0.39 is 0 Å². The van der Waals surface area contributed by atoms with Gasteiger partial charge in [0, 0.05) is 0 Å². The highest BCUT2D eigenvalue weighted by molar-refractivity contribution is 6.32. The minimum atomic E-state index is 0. The summed E-state index contributed by atoms with van der Waals surface area (Å²) in [5, 5.41) is 0. The largest absolute Gasteiger partial charge is 0.269 e. The molecule has 48 valence electrons. The van der Waals surface area contributed by atoms with Gasteiger partial charge in [-0.25, -0.2) is 0 Å². The number of hydrogen-bond donors (Lipinski definition) is 0. The molecule has 0 aliphatic heterocycles. The van der Waals surface area contributed by atoms with E-state index in [1.165, 1.54) is 0 Å². The van der Waals surface area contributed by atoms with E-state index in [9.17, 15) is 0 Å². The van der Waals surface area contributed by atoms with E-state index >= 15 is 0 Å². The third-order valence-electron chi connectivity index (χ3n) is 0.800. The van der Waals surface area contributed by atoms with Crippen LogP contribution in [0, 0.1) is 0 Å². The summed E-state index contributed by atoms with van der Waals surface area (Å²) in [6.07, 6.45) is 0. The fourth-order valence-electron chi connectivity index (χ4n) is 0.453. The van der Waals surface area contributed by atoms with Crippen LogP contribution in [0.15, 0.2) is 30.3 Å². The lowest BCUT2D eigenvalue weighted by Gasteiger charge is -1.83. The Labute approximate surface area is 54.0 Å². The summed E-state index contributed by atoms with van der Waals surface area (Å²) in [5.74, 6) is 0. The van der Waals surface area contributed by atoms with Gasteiger partial charge >= 0.3 is 0 Å². The predicted octanol–water partition coefficient (Wildman–Crippen LogP) is 0.785. The van der Waals surface area contributed by atoms with Crippen LogP contribution in [0.1, 0.15) is 0 Å². The number of rotatable bonds is 0. The van der Waals surface area contributed by atoms with E-state index in [4.69, 9.17) is 7.85 Å². The summed E-state index contributed by atoms with van der Waals surface area (Å²) in [7, 11) is 5.36. The molecule has 0 heterocycles. The number of halogens is 2. The maximum absolute atomic E-state index is 5.36. The molecule has 0 unspecified atom stereocenters. The molecular weight excluding hydrogens is 121 g/mol. The molecule has 2 radical (unpaired) electrons. The van der Waals surface area contributed by atoms with Crippen molar-refractivity contribution in [1.82, 2.24) is 0 Å². The Kier molecular flexibility index (Phi) is 6.47. The monoisotopic (exact) mass is 128 g/mol. The van der Waals surface area contributed by atoms with Gasteiger partial charge in [0.15, 0.2) is 0 Å². The van der Waals surface area contributed by atoms with Gasteiger partial charge in [-0.15, -0.1) is 0 Å². The van der Waals surface area contributed by atoms with E-state index in [2.05, 4.69) is 0 Å². The van der Waals surface area contributed by atoms with Crippen LogP contribution < -0.4 is 5.46 Å². The van der Waals surface area contributed by atoms with Crippen LogP contribution in [0.3, 0.4) is 0 Å². The summed E-state index contributed by atoms with van der Waals surface area (Å²) in [6, 6.07) is 9.49. The minimum absolute atomic E-state index is 0. The van der Waals surface area contributed by atoms with Crippen LogP contribution in [0.2, 0.25) is 0 Å². The second-order valence-electron chi connectivity index (χ2n) is 1.41. The summed E-state index contributed by atoms with van der Waals surface area (Å²) in [6.45, 7) is 0. The molecule has 0 aromatic heterocycles. The summed E-state index contributed by atoms with van der Waals surface area (Å²) in [5.41, 5.74) is 0.822. The molecule has 0 bridgehead atoms. The van der Waals surface area contributed by atoms with Crippen LogP contribution >= 0.6 is 0 Å². The van der Waals surface area contributed by atoms with Crippen LogP contribution in [-0.2, 0) is 0 Å². The van der Waals surface area contributed by atoms with Gasteiger partial charge in [0.05, 0.1) is 0 Å². The molecule has 0 atom stereocenters. The van der Waals surface area contributed by atoms with Crippen LogP contribution in [-0.4, -0.2) is 7.85 Å². The Bertz CT molecular complexity index is 141. The normalized spacial score (nSPS) is 6.67. The topological polar surface area (TPSA) is 0 Å². The maximum Gasteiger partial charge on any atom is 0.113 e. The van der Waals surface area contributed by atoms with Gasteiger partial charge < -0.3 is 0 Å². The van der Waals surface area contributed by atoms with Crippen molar-refractivity contribution in [3.05, 3.63) is 30.3 Å². The van der Waals surface area contributed by atoms with Gasteiger partial charge in [0.25, 0.3) is 0 Å². The molecule has 1 rings (SSSR count). The lowest BCUT2D eigenvalue weighted by Crippen LogP contribution is -1.97. The molecule has 0 spiro atoms. The van der Waals surface area contributed by atoms with Crippen LogP contribution in [0.25, 0.3) is 0 Å². The zero-order valence-electron chi connectivity index (χ0n) is 4.78. The third kappa shape index (κ3) is 3.70. The lowest BCUT2D eigenvalue weighted by molar-refractivity contribution is 1.11. The second kappa shape index (κ2) is 5.28. The zero-order valence-corrected chi connectivity index (χ0v) is 4.78. The Morgan fingerprint density at radius 2 is 1.33 bits per heavy atom. The van der Waals surface area contributed by atoms with E-state index in [1.54, 1.807) is 0 Å². The molecule has 0 saturated heterocycles. The average molecular weight is 128 g/mol. The third-order valence-corrected chi connectivity index (χ3v) is 0.800. The fourth-order valence-corrected chi connectivity index (χ4v) is 0.453. The number of benzene rings is 1. The number of hydrogen-bond acceptors (Lipinski definition) is 0. The van der Waals surface area contributed by atoms with E-state index in [1.807, 2.05) is 30.3 Å². The van der Waals surface area contributed by atoms with Crippen molar-refractivity contribution in [3.8, 4) is 0 Å². The SMILES string of the molecule is F.F.[B]c1ccccc1. The summed E-state index contributed by atoms with van der Waals surface area (Å²) >= 11 is 0. The smallest absolute Gasteiger partial charge is 0.113 e. The van der Waals surface area contributed by atoms with Gasteiger partial charge in [-0.05, 0) is 0 Å². The molecule has 0 amide bonds. The minimum Gasteiger partial charge on any atom is -0.269 e.